The third kappa shape index (κ3) is 4.41. The van der Waals surface area contributed by atoms with E-state index in [0.29, 0.717) is 18.5 Å². The number of rotatable bonds is 4. The number of nitrogens with one attached hydrogen (secondary N) is 2. The van der Waals surface area contributed by atoms with E-state index in [-0.39, 0.29) is 29.8 Å². The SMILES string of the molecule is CC(C)(N)CNS(=O)(=O)c1ccc2c(c1)C(=O)NCC2.Cl. The molecular weight excluding hydrogens is 314 g/mol. The number of amides is 1. The Labute approximate surface area is 130 Å². The second-order valence-electron chi connectivity index (χ2n) is 5.64. The summed E-state index contributed by atoms with van der Waals surface area (Å²) in [6, 6.07) is 4.62. The van der Waals surface area contributed by atoms with Crippen LogP contribution in [0.5, 0.6) is 0 Å². The molecule has 0 saturated heterocycles. The van der Waals surface area contributed by atoms with Gasteiger partial charge in [0.15, 0.2) is 0 Å². The van der Waals surface area contributed by atoms with Gasteiger partial charge in [0.1, 0.15) is 0 Å². The van der Waals surface area contributed by atoms with Gasteiger partial charge in [-0.1, -0.05) is 6.07 Å². The number of sulfonamides is 1. The van der Waals surface area contributed by atoms with Gasteiger partial charge in [-0.15, -0.1) is 12.4 Å². The molecule has 0 aromatic heterocycles. The van der Waals surface area contributed by atoms with Crippen LogP contribution in [0.15, 0.2) is 23.1 Å². The third-order valence-corrected chi connectivity index (χ3v) is 4.43. The van der Waals surface area contributed by atoms with Gasteiger partial charge in [-0.2, -0.15) is 0 Å². The first kappa shape index (κ1) is 17.9. The molecule has 1 heterocycles. The van der Waals surface area contributed by atoms with Crippen molar-refractivity contribution < 1.29 is 13.2 Å². The summed E-state index contributed by atoms with van der Waals surface area (Å²) in [7, 11) is -3.66. The molecule has 0 saturated carbocycles. The number of nitrogens with two attached hydrogens (primary N) is 1. The van der Waals surface area contributed by atoms with E-state index in [1.807, 2.05) is 0 Å². The van der Waals surface area contributed by atoms with Gasteiger partial charge >= 0.3 is 0 Å². The molecule has 21 heavy (non-hydrogen) atoms. The minimum atomic E-state index is -3.66. The summed E-state index contributed by atoms with van der Waals surface area (Å²) in [5.74, 6) is -0.234. The van der Waals surface area contributed by atoms with Crippen molar-refractivity contribution in [3.8, 4) is 0 Å². The molecule has 1 amide bonds. The maximum Gasteiger partial charge on any atom is 0.251 e. The smallest absolute Gasteiger partial charge is 0.251 e. The van der Waals surface area contributed by atoms with Crippen LogP contribution in [0.4, 0.5) is 0 Å². The van der Waals surface area contributed by atoms with E-state index >= 15 is 0 Å². The Hall–Kier alpha value is -1.15. The maximum absolute atomic E-state index is 12.2. The van der Waals surface area contributed by atoms with Crippen molar-refractivity contribution in [2.24, 2.45) is 5.73 Å². The molecule has 1 aromatic rings. The fourth-order valence-corrected chi connectivity index (χ4v) is 3.17. The molecule has 118 valence electrons. The van der Waals surface area contributed by atoms with Crippen LogP contribution < -0.4 is 15.8 Å². The molecule has 0 radical (unpaired) electrons. The number of carbonyl (C=O) groups excluding carboxylic acids is 1. The zero-order valence-corrected chi connectivity index (χ0v) is 13.6. The van der Waals surface area contributed by atoms with E-state index in [4.69, 9.17) is 5.73 Å². The molecule has 4 N–H and O–H groups in total. The van der Waals surface area contributed by atoms with Crippen LogP contribution in [0, 0.1) is 0 Å². The summed E-state index contributed by atoms with van der Waals surface area (Å²) in [4.78, 5) is 11.8. The molecular formula is C13H20ClN3O3S. The Kier molecular flexibility index (Phi) is 5.38. The second-order valence-corrected chi connectivity index (χ2v) is 7.40. The maximum atomic E-state index is 12.2. The minimum Gasteiger partial charge on any atom is -0.352 e. The fourth-order valence-electron chi connectivity index (χ4n) is 1.92. The van der Waals surface area contributed by atoms with Crippen molar-refractivity contribution in [3.05, 3.63) is 29.3 Å². The molecule has 0 unspecified atom stereocenters. The Bertz CT molecular complexity index is 639. The van der Waals surface area contributed by atoms with Crippen molar-refractivity contribution >= 4 is 28.3 Å². The lowest BCUT2D eigenvalue weighted by molar-refractivity contribution is 0.0945. The molecule has 0 atom stereocenters. The van der Waals surface area contributed by atoms with E-state index in [0.717, 1.165) is 5.56 Å². The Balaban J connectivity index is 0.00000220. The standard InChI is InChI=1S/C13H19N3O3S.ClH/c1-13(2,14)8-16-20(18,19)10-4-3-9-5-6-15-12(17)11(9)7-10;/h3-4,7,16H,5-6,8,14H2,1-2H3,(H,15,17);1H. The van der Waals surface area contributed by atoms with Crippen LogP contribution in [0.1, 0.15) is 29.8 Å². The molecule has 0 spiro atoms. The average Bonchev–Trinajstić information content (AvgIpc) is 2.36. The van der Waals surface area contributed by atoms with Gasteiger partial charge in [-0.3, -0.25) is 4.79 Å². The molecule has 0 aliphatic carbocycles. The van der Waals surface area contributed by atoms with Crippen LogP contribution in [0.25, 0.3) is 0 Å². The minimum absolute atomic E-state index is 0. The molecule has 0 bridgehead atoms. The first-order valence-corrected chi connectivity index (χ1v) is 7.87. The highest BCUT2D eigenvalue weighted by Crippen LogP contribution is 2.19. The number of benzene rings is 1. The van der Waals surface area contributed by atoms with Gasteiger partial charge in [0.05, 0.1) is 4.90 Å². The highest BCUT2D eigenvalue weighted by atomic mass is 35.5. The molecule has 8 heteroatoms. The number of hydrogen-bond donors (Lipinski definition) is 3. The van der Waals surface area contributed by atoms with Gasteiger partial charge in [-0.25, -0.2) is 13.1 Å². The molecule has 6 nitrogen and oxygen atoms in total. The fraction of sp³-hybridized carbons (Fsp3) is 0.462. The molecule has 0 fully saturated rings. The van der Waals surface area contributed by atoms with Gasteiger partial charge in [0.2, 0.25) is 10.0 Å². The lowest BCUT2D eigenvalue weighted by Crippen LogP contribution is -2.45. The summed E-state index contributed by atoms with van der Waals surface area (Å²) in [5, 5.41) is 2.70. The quantitative estimate of drug-likeness (QED) is 0.742. The van der Waals surface area contributed by atoms with Crippen LogP contribution >= 0.6 is 12.4 Å². The van der Waals surface area contributed by atoms with Gasteiger partial charge in [0, 0.05) is 24.2 Å². The Morgan fingerprint density at radius 1 is 1.38 bits per heavy atom. The highest BCUT2D eigenvalue weighted by Gasteiger charge is 2.22. The zero-order valence-electron chi connectivity index (χ0n) is 12.0. The summed E-state index contributed by atoms with van der Waals surface area (Å²) in [6.45, 7) is 4.17. The number of halogens is 1. The van der Waals surface area contributed by atoms with Crippen LogP contribution in [-0.2, 0) is 16.4 Å². The zero-order chi connectivity index (χ0) is 15.0. The monoisotopic (exact) mass is 333 g/mol. The largest absolute Gasteiger partial charge is 0.352 e. The van der Waals surface area contributed by atoms with Crippen molar-refractivity contribution in [1.82, 2.24) is 10.0 Å². The molecule has 1 aliphatic heterocycles. The van der Waals surface area contributed by atoms with E-state index in [9.17, 15) is 13.2 Å². The Morgan fingerprint density at radius 3 is 2.67 bits per heavy atom. The highest BCUT2D eigenvalue weighted by molar-refractivity contribution is 7.89. The topological polar surface area (TPSA) is 101 Å². The van der Waals surface area contributed by atoms with Crippen LogP contribution in [0.2, 0.25) is 0 Å². The van der Waals surface area contributed by atoms with E-state index in [1.165, 1.54) is 12.1 Å². The van der Waals surface area contributed by atoms with E-state index < -0.39 is 15.6 Å². The van der Waals surface area contributed by atoms with Gasteiger partial charge in [-0.05, 0) is 38.0 Å². The summed E-state index contributed by atoms with van der Waals surface area (Å²) in [5.41, 5.74) is 6.41. The average molecular weight is 334 g/mol. The van der Waals surface area contributed by atoms with E-state index in [1.54, 1.807) is 19.9 Å². The van der Waals surface area contributed by atoms with Crippen molar-refractivity contribution in [2.75, 3.05) is 13.1 Å². The molecule has 1 aliphatic rings. The summed E-state index contributed by atoms with van der Waals surface area (Å²) >= 11 is 0. The summed E-state index contributed by atoms with van der Waals surface area (Å²) < 4.78 is 26.8. The number of hydrogen-bond acceptors (Lipinski definition) is 4. The van der Waals surface area contributed by atoms with Gasteiger partial charge in [0.25, 0.3) is 5.91 Å². The Morgan fingerprint density at radius 2 is 2.05 bits per heavy atom. The first-order valence-electron chi connectivity index (χ1n) is 6.39. The van der Waals surface area contributed by atoms with Crippen LogP contribution in [0.3, 0.4) is 0 Å². The lowest BCUT2D eigenvalue weighted by Gasteiger charge is -2.20. The molecule has 1 aromatic carbocycles. The van der Waals surface area contributed by atoms with Crippen molar-refractivity contribution in [2.45, 2.75) is 30.7 Å². The number of fused-ring (bicyclic) bond motifs is 1. The molecule has 2 rings (SSSR count). The lowest BCUT2D eigenvalue weighted by atomic mass is 10.0. The predicted molar refractivity (Wildman–Crippen MR) is 83.2 cm³/mol. The predicted octanol–water partition coefficient (Wildman–Crippen LogP) is 0.410. The first-order chi connectivity index (χ1) is 9.19. The van der Waals surface area contributed by atoms with Gasteiger partial charge < -0.3 is 11.1 Å². The van der Waals surface area contributed by atoms with Crippen molar-refractivity contribution in [1.29, 1.82) is 0 Å². The van der Waals surface area contributed by atoms with Crippen LogP contribution in [-0.4, -0.2) is 33.0 Å². The van der Waals surface area contributed by atoms with Crippen molar-refractivity contribution in [3.63, 3.8) is 0 Å². The summed E-state index contributed by atoms with van der Waals surface area (Å²) in [6.07, 6.45) is 0.713. The second kappa shape index (κ2) is 6.31. The van der Waals surface area contributed by atoms with E-state index in [2.05, 4.69) is 10.0 Å². The third-order valence-electron chi connectivity index (χ3n) is 3.03. The normalized spacial score (nSPS) is 14.9. The number of carbonyl (C=O) groups is 1.